The predicted molar refractivity (Wildman–Crippen MR) is 59.0 cm³/mol. The third-order valence-electron chi connectivity index (χ3n) is 2.21. The summed E-state index contributed by atoms with van der Waals surface area (Å²) in [6.07, 6.45) is 6.66. The average molecular weight is 187 g/mol. The van der Waals surface area contributed by atoms with Crippen LogP contribution >= 0.6 is 0 Å². The van der Waals surface area contributed by atoms with Gasteiger partial charge in [0.05, 0.1) is 5.52 Å². The molecule has 0 fully saturated rings. The number of aromatic amines is 1. The first kappa shape index (κ1) is 9.03. The van der Waals surface area contributed by atoms with Crippen molar-refractivity contribution < 1.29 is 5.11 Å². The largest absolute Gasteiger partial charge is 0.396 e. The van der Waals surface area contributed by atoms with Gasteiger partial charge in [-0.3, -0.25) is 0 Å². The first-order chi connectivity index (χ1) is 6.92. The first-order valence-corrected chi connectivity index (χ1v) is 4.75. The van der Waals surface area contributed by atoms with Crippen molar-refractivity contribution >= 4 is 17.0 Å². The number of hydrogen-bond acceptors (Lipinski definition) is 1. The highest BCUT2D eigenvalue weighted by molar-refractivity contribution is 5.87. The highest BCUT2D eigenvalue weighted by atomic mass is 16.2. The van der Waals surface area contributed by atoms with E-state index in [9.17, 15) is 0 Å². The fourth-order valence-electron chi connectivity index (χ4n) is 1.53. The van der Waals surface area contributed by atoms with Gasteiger partial charge in [0.2, 0.25) is 0 Å². The van der Waals surface area contributed by atoms with Crippen molar-refractivity contribution in [2.75, 3.05) is 6.61 Å². The molecule has 2 heteroatoms. The molecule has 1 aromatic carbocycles. The molecular formula is C12H13NO. The molecule has 0 amide bonds. The Bertz CT molecular complexity index is 442. The highest BCUT2D eigenvalue weighted by Gasteiger charge is 1.96. The van der Waals surface area contributed by atoms with Crippen LogP contribution in [0.1, 0.15) is 12.0 Å². The molecule has 0 aliphatic rings. The second kappa shape index (κ2) is 4.11. The second-order valence-electron chi connectivity index (χ2n) is 3.20. The van der Waals surface area contributed by atoms with Crippen LogP contribution in [-0.4, -0.2) is 16.7 Å². The quantitative estimate of drug-likeness (QED) is 0.761. The van der Waals surface area contributed by atoms with E-state index in [0.29, 0.717) is 6.42 Å². The zero-order valence-corrected chi connectivity index (χ0v) is 7.90. The molecule has 72 valence electrons. The van der Waals surface area contributed by atoms with E-state index >= 15 is 0 Å². The van der Waals surface area contributed by atoms with Crippen LogP contribution in [0.4, 0.5) is 0 Å². The van der Waals surface area contributed by atoms with Crippen molar-refractivity contribution in [2.45, 2.75) is 6.42 Å². The summed E-state index contributed by atoms with van der Waals surface area (Å²) in [5, 5.41) is 9.88. The van der Waals surface area contributed by atoms with E-state index in [4.69, 9.17) is 5.11 Å². The maximum atomic E-state index is 8.66. The van der Waals surface area contributed by atoms with Gasteiger partial charge in [0.15, 0.2) is 0 Å². The van der Waals surface area contributed by atoms with Crippen LogP contribution in [0.25, 0.3) is 17.0 Å². The SMILES string of the molecule is OCCC=Cc1cccc2cc[nH]c12. The van der Waals surface area contributed by atoms with Gasteiger partial charge in [0.25, 0.3) is 0 Å². The Morgan fingerprint density at radius 1 is 1.29 bits per heavy atom. The summed E-state index contributed by atoms with van der Waals surface area (Å²) in [7, 11) is 0. The molecule has 14 heavy (non-hydrogen) atoms. The molecule has 0 aliphatic heterocycles. The number of aliphatic hydroxyl groups is 1. The second-order valence-corrected chi connectivity index (χ2v) is 3.20. The van der Waals surface area contributed by atoms with E-state index in [-0.39, 0.29) is 6.61 Å². The van der Waals surface area contributed by atoms with E-state index in [1.54, 1.807) is 0 Å². The number of aliphatic hydroxyl groups excluding tert-OH is 1. The Hall–Kier alpha value is -1.54. The standard InChI is InChI=1S/C12H13NO/c14-9-2-1-4-10-5-3-6-11-7-8-13-12(10)11/h1,3-8,13-14H,2,9H2. The van der Waals surface area contributed by atoms with Crippen molar-refractivity contribution in [2.24, 2.45) is 0 Å². The molecule has 1 aromatic heterocycles. The van der Waals surface area contributed by atoms with Gasteiger partial charge >= 0.3 is 0 Å². The lowest BCUT2D eigenvalue weighted by molar-refractivity contribution is 0.303. The summed E-state index contributed by atoms with van der Waals surface area (Å²) >= 11 is 0. The van der Waals surface area contributed by atoms with Crippen LogP contribution in [0, 0.1) is 0 Å². The molecule has 2 nitrogen and oxygen atoms in total. The Kier molecular flexibility index (Phi) is 2.65. The van der Waals surface area contributed by atoms with Crippen LogP contribution in [0.15, 0.2) is 36.5 Å². The minimum absolute atomic E-state index is 0.206. The summed E-state index contributed by atoms with van der Waals surface area (Å²) < 4.78 is 0. The summed E-state index contributed by atoms with van der Waals surface area (Å²) in [6, 6.07) is 8.23. The molecule has 0 aliphatic carbocycles. The zero-order chi connectivity index (χ0) is 9.80. The molecule has 0 bridgehead atoms. The maximum absolute atomic E-state index is 8.66. The van der Waals surface area contributed by atoms with Gasteiger partial charge in [0, 0.05) is 12.8 Å². The first-order valence-electron chi connectivity index (χ1n) is 4.75. The molecular weight excluding hydrogens is 174 g/mol. The summed E-state index contributed by atoms with van der Waals surface area (Å²) in [5.41, 5.74) is 2.32. The minimum Gasteiger partial charge on any atom is -0.396 e. The number of fused-ring (bicyclic) bond motifs is 1. The normalized spacial score (nSPS) is 11.5. The lowest BCUT2D eigenvalue weighted by Crippen LogP contribution is -1.78. The third kappa shape index (κ3) is 1.70. The Morgan fingerprint density at radius 2 is 2.21 bits per heavy atom. The van der Waals surface area contributed by atoms with Crippen LogP contribution in [0.2, 0.25) is 0 Å². The van der Waals surface area contributed by atoms with Gasteiger partial charge in [-0.15, -0.1) is 0 Å². The van der Waals surface area contributed by atoms with Gasteiger partial charge in [-0.2, -0.15) is 0 Å². The number of hydrogen-bond donors (Lipinski definition) is 2. The molecule has 0 atom stereocenters. The minimum atomic E-state index is 0.206. The van der Waals surface area contributed by atoms with Gasteiger partial charge in [0.1, 0.15) is 0 Å². The summed E-state index contributed by atoms with van der Waals surface area (Å²) in [4.78, 5) is 3.20. The van der Waals surface area contributed by atoms with Gasteiger partial charge in [-0.25, -0.2) is 0 Å². The fourth-order valence-corrected chi connectivity index (χ4v) is 1.53. The van der Waals surface area contributed by atoms with Crippen LogP contribution in [-0.2, 0) is 0 Å². The lowest BCUT2D eigenvalue weighted by atomic mass is 10.1. The Morgan fingerprint density at radius 3 is 3.07 bits per heavy atom. The summed E-state index contributed by atoms with van der Waals surface area (Å²) in [6.45, 7) is 0.206. The molecule has 0 spiro atoms. The van der Waals surface area contributed by atoms with Gasteiger partial charge in [-0.05, 0) is 23.4 Å². The van der Waals surface area contributed by atoms with Crippen LogP contribution < -0.4 is 0 Å². The van der Waals surface area contributed by atoms with Crippen molar-refractivity contribution in [1.82, 2.24) is 4.98 Å². The van der Waals surface area contributed by atoms with E-state index in [1.165, 1.54) is 10.9 Å². The number of rotatable bonds is 3. The smallest absolute Gasteiger partial charge is 0.0527 e. The molecule has 2 aromatic rings. The number of aromatic nitrogens is 1. The monoisotopic (exact) mass is 187 g/mol. The highest BCUT2D eigenvalue weighted by Crippen LogP contribution is 2.17. The number of benzene rings is 1. The Labute approximate surface area is 82.9 Å². The topological polar surface area (TPSA) is 36.0 Å². The average Bonchev–Trinajstić information content (AvgIpc) is 2.67. The maximum Gasteiger partial charge on any atom is 0.0527 e. The lowest BCUT2D eigenvalue weighted by Gasteiger charge is -1.96. The van der Waals surface area contributed by atoms with E-state index < -0.39 is 0 Å². The fraction of sp³-hybridized carbons (Fsp3) is 0.167. The number of para-hydroxylation sites is 1. The van der Waals surface area contributed by atoms with Crippen molar-refractivity contribution in [1.29, 1.82) is 0 Å². The molecule has 2 rings (SSSR count). The number of nitrogens with one attached hydrogen (secondary N) is 1. The zero-order valence-electron chi connectivity index (χ0n) is 7.90. The predicted octanol–water partition coefficient (Wildman–Crippen LogP) is 2.56. The van der Waals surface area contributed by atoms with Crippen molar-refractivity contribution in [3.63, 3.8) is 0 Å². The van der Waals surface area contributed by atoms with Gasteiger partial charge in [-0.1, -0.05) is 30.4 Å². The van der Waals surface area contributed by atoms with E-state index in [1.807, 2.05) is 24.4 Å². The molecule has 0 saturated heterocycles. The molecule has 2 N–H and O–H groups in total. The van der Waals surface area contributed by atoms with E-state index in [2.05, 4.69) is 23.2 Å². The molecule has 1 heterocycles. The van der Waals surface area contributed by atoms with Crippen molar-refractivity contribution in [3.05, 3.63) is 42.1 Å². The molecule has 0 radical (unpaired) electrons. The van der Waals surface area contributed by atoms with Gasteiger partial charge < -0.3 is 10.1 Å². The Balaban J connectivity index is 2.36. The third-order valence-corrected chi connectivity index (χ3v) is 2.21. The molecule has 0 saturated carbocycles. The van der Waals surface area contributed by atoms with Crippen molar-refractivity contribution in [3.8, 4) is 0 Å². The van der Waals surface area contributed by atoms with E-state index in [0.717, 1.165) is 5.52 Å². The molecule has 0 unspecified atom stereocenters. The van der Waals surface area contributed by atoms with Crippen LogP contribution in [0.3, 0.4) is 0 Å². The summed E-state index contributed by atoms with van der Waals surface area (Å²) in [5.74, 6) is 0. The number of H-pyrrole nitrogens is 1. The van der Waals surface area contributed by atoms with Crippen LogP contribution in [0.5, 0.6) is 0 Å².